The number of nitrogens with two attached hydrogens (primary N) is 1. The highest BCUT2D eigenvalue weighted by atomic mass is 19.1. The quantitative estimate of drug-likeness (QED) is 0.764. The SMILES string of the molecule is COC[C@H](N)Cc1ccc(F)cc1. The van der Waals surface area contributed by atoms with Gasteiger partial charge in [-0.05, 0) is 24.1 Å². The molecule has 0 amide bonds. The molecule has 72 valence electrons. The van der Waals surface area contributed by atoms with Crippen LogP contribution in [-0.4, -0.2) is 19.8 Å². The van der Waals surface area contributed by atoms with Gasteiger partial charge < -0.3 is 10.5 Å². The van der Waals surface area contributed by atoms with Gasteiger partial charge in [0.2, 0.25) is 0 Å². The van der Waals surface area contributed by atoms with Gasteiger partial charge in [0, 0.05) is 13.2 Å². The Morgan fingerprint density at radius 1 is 1.38 bits per heavy atom. The highest BCUT2D eigenvalue weighted by Gasteiger charge is 2.02. The number of ether oxygens (including phenoxy) is 1. The van der Waals surface area contributed by atoms with Crippen molar-refractivity contribution in [2.75, 3.05) is 13.7 Å². The summed E-state index contributed by atoms with van der Waals surface area (Å²) in [5.74, 6) is -0.218. The summed E-state index contributed by atoms with van der Waals surface area (Å²) < 4.78 is 17.4. The molecule has 1 aromatic rings. The molecule has 2 nitrogen and oxygen atoms in total. The lowest BCUT2D eigenvalue weighted by atomic mass is 10.1. The number of hydrogen-bond acceptors (Lipinski definition) is 2. The molecule has 0 saturated carbocycles. The molecule has 0 aliphatic heterocycles. The number of rotatable bonds is 4. The molecule has 0 aliphatic carbocycles. The maximum Gasteiger partial charge on any atom is 0.123 e. The molecule has 13 heavy (non-hydrogen) atoms. The predicted molar refractivity (Wildman–Crippen MR) is 50.0 cm³/mol. The standard InChI is InChI=1S/C10H14FNO/c1-13-7-10(12)6-8-2-4-9(11)5-3-8/h2-5,10H,6-7,12H2,1H3/t10-/m1/s1. The van der Waals surface area contributed by atoms with Crippen molar-refractivity contribution in [1.29, 1.82) is 0 Å². The second kappa shape index (κ2) is 4.94. The van der Waals surface area contributed by atoms with E-state index in [2.05, 4.69) is 0 Å². The van der Waals surface area contributed by atoms with E-state index in [1.54, 1.807) is 19.2 Å². The molecule has 1 aromatic carbocycles. The van der Waals surface area contributed by atoms with Crippen LogP contribution in [0.3, 0.4) is 0 Å². The first-order chi connectivity index (χ1) is 6.22. The van der Waals surface area contributed by atoms with E-state index in [0.29, 0.717) is 13.0 Å². The third-order valence-corrected chi connectivity index (χ3v) is 1.79. The van der Waals surface area contributed by atoms with Gasteiger partial charge in [-0.1, -0.05) is 12.1 Å². The number of benzene rings is 1. The minimum atomic E-state index is -0.218. The minimum Gasteiger partial charge on any atom is -0.383 e. The summed E-state index contributed by atoms with van der Waals surface area (Å²) in [4.78, 5) is 0. The number of hydrogen-bond donors (Lipinski definition) is 1. The van der Waals surface area contributed by atoms with Gasteiger partial charge in [-0.2, -0.15) is 0 Å². The first-order valence-electron chi connectivity index (χ1n) is 4.21. The summed E-state index contributed by atoms with van der Waals surface area (Å²) in [5.41, 5.74) is 6.77. The van der Waals surface area contributed by atoms with Gasteiger partial charge in [0.15, 0.2) is 0 Å². The van der Waals surface area contributed by atoms with Gasteiger partial charge >= 0.3 is 0 Å². The second-order valence-corrected chi connectivity index (χ2v) is 3.05. The third-order valence-electron chi connectivity index (χ3n) is 1.79. The fraction of sp³-hybridized carbons (Fsp3) is 0.400. The molecular formula is C10H14FNO. The lowest BCUT2D eigenvalue weighted by molar-refractivity contribution is 0.180. The Kier molecular flexibility index (Phi) is 3.86. The van der Waals surface area contributed by atoms with Crippen LogP contribution in [0.2, 0.25) is 0 Å². The molecule has 1 rings (SSSR count). The molecule has 0 radical (unpaired) electrons. The summed E-state index contributed by atoms with van der Waals surface area (Å²) in [6.07, 6.45) is 0.716. The zero-order valence-electron chi connectivity index (χ0n) is 7.66. The lowest BCUT2D eigenvalue weighted by Crippen LogP contribution is -2.27. The molecule has 0 bridgehead atoms. The highest BCUT2D eigenvalue weighted by Crippen LogP contribution is 2.04. The van der Waals surface area contributed by atoms with Crippen LogP contribution in [0.1, 0.15) is 5.56 Å². The molecule has 0 heterocycles. The fourth-order valence-electron chi connectivity index (χ4n) is 1.20. The van der Waals surface area contributed by atoms with Crippen LogP contribution >= 0.6 is 0 Å². The van der Waals surface area contributed by atoms with Crippen LogP contribution in [0.5, 0.6) is 0 Å². The van der Waals surface area contributed by atoms with Gasteiger partial charge in [-0.15, -0.1) is 0 Å². The smallest absolute Gasteiger partial charge is 0.123 e. The minimum absolute atomic E-state index is 0.0181. The third kappa shape index (κ3) is 3.53. The van der Waals surface area contributed by atoms with Crippen molar-refractivity contribution < 1.29 is 9.13 Å². The normalized spacial score (nSPS) is 12.8. The summed E-state index contributed by atoms with van der Waals surface area (Å²) in [6.45, 7) is 0.525. The molecule has 0 aromatic heterocycles. The van der Waals surface area contributed by atoms with Gasteiger partial charge in [-0.25, -0.2) is 4.39 Å². The molecule has 0 aliphatic rings. The predicted octanol–water partition coefficient (Wildman–Crippen LogP) is 1.34. The van der Waals surface area contributed by atoms with E-state index >= 15 is 0 Å². The van der Waals surface area contributed by atoms with Gasteiger partial charge in [0.05, 0.1) is 6.61 Å². The van der Waals surface area contributed by atoms with E-state index in [-0.39, 0.29) is 11.9 Å². The Bertz CT molecular complexity index is 248. The Morgan fingerprint density at radius 2 is 2.00 bits per heavy atom. The Hall–Kier alpha value is -0.930. The summed E-state index contributed by atoms with van der Waals surface area (Å²) in [7, 11) is 1.62. The molecule has 2 N–H and O–H groups in total. The summed E-state index contributed by atoms with van der Waals surface area (Å²) in [5, 5.41) is 0. The molecule has 0 saturated heterocycles. The van der Waals surface area contributed by atoms with Crippen molar-refractivity contribution in [2.24, 2.45) is 5.73 Å². The van der Waals surface area contributed by atoms with Crippen LogP contribution in [-0.2, 0) is 11.2 Å². The molecular weight excluding hydrogens is 169 g/mol. The fourth-order valence-corrected chi connectivity index (χ4v) is 1.20. The number of methoxy groups -OCH3 is 1. The van der Waals surface area contributed by atoms with Gasteiger partial charge in [0.1, 0.15) is 5.82 Å². The van der Waals surface area contributed by atoms with Crippen molar-refractivity contribution in [3.05, 3.63) is 35.6 Å². The van der Waals surface area contributed by atoms with Crippen LogP contribution in [0.4, 0.5) is 4.39 Å². The molecule has 0 fully saturated rings. The summed E-state index contributed by atoms with van der Waals surface area (Å²) >= 11 is 0. The zero-order valence-corrected chi connectivity index (χ0v) is 7.66. The van der Waals surface area contributed by atoms with Crippen LogP contribution < -0.4 is 5.73 Å². The van der Waals surface area contributed by atoms with E-state index in [1.165, 1.54) is 12.1 Å². The zero-order chi connectivity index (χ0) is 9.68. The average molecular weight is 183 g/mol. The maximum absolute atomic E-state index is 12.5. The topological polar surface area (TPSA) is 35.2 Å². The van der Waals surface area contributed by atoms with Gasteiger partial charge in [-0.3, -0.25) is 0 Å². The molecule has 1 atom stereocenters. The van der Waals surface area contributed by atoms with E-state index in [1.807, 2.05) is 0 Å². The van der Waals surface area contributed by atoms with Crippen molar-refractivity contribution in [1.82, 2.24) is 0 Å². The van der Waals surface area contributed by atoms with Gasteiger partial charge in [0.25, 0.3) is 0 Å². The van der Waals surface area contributed by atoms with Crippen LogP contribution in [0.15, 0.2) is 24.3 Å². The van der Waals surface area contributed by atoms with Crippen LogP contribution in [0, 0.1) is 5.82 Å². The van der Waals surface area contributed by atoms with Crippen molar-refractivity contribution in [3.8, 4) is 0 Å². The van der Waals surface area contributed by atoms with E-state index in [9.17, 15) is 4.39 Å². The summed E-state index contributed by atoms with van der Waals surface area (Å²) in [6, 6.07) is 6.34. The Balaban J connectivity index is 2.49. The second-order valence-electron chi connectivity index (χ2n) is 3.05. The Labute approximate surface area is 77.5 Å². The molecule has 0 unspecified atom stereocenters. The first-order valence-corrected chi connectivity index (χ1v) is 4.21. The van der Waals surface area contributed by atoms with Crippen LogP contribution in [0.25, 0.3) is 0 Å². The van der Waals surface area contributed by atoms with E-state index in [4.69, 9.17) is 10.5 Å². The first kappa shape index (κ1) is 10.2. The van der Waals surface area contributed by atoms with E-state index < -0.39 is 0 Å². The molecule has 0 spiro atoms. The lowest BCUT2D eigenvalue weighted by Gasteiger charge is -2.09. The monoisotopic (exact) mass is 183 g/mol. The van der Waals surface area contributed by atoms with Crippen molar-refractivity contribution in [3.63, 3.8) is 0 Å². The van der Waals surface area contributed by atoms with Crippen molar-refractivity contribution in [2.45, 2.75) is 12.5 Å². The van der Waals surface area contributed by atoms with Crippen molar-refractivity contribution >= 4 is 0 Å². The highest BCUT2D eigenvalue weighted by molar-refractivity contribution is 5.17. The number of halogens is 1. The largest absolute Gasteiger partial charge is 0.383 e. The molecule has 3 heteroatoms. The average Bonchev–Trinajstić information content (AvgIpc) is 2.09. The maximum atomic E-state index is 12.5. The van der Waals surface area contributed by atoms with E-state index in [0.717, 1.165) is 5.56 Å². The Morgan fingerprint density at radius 3 is 2.54 bits per heavy atom.